The van der Waals surface area contributed by atoms with Crippen molar-refractivity contribution in [3.05, 3.63) is 80.5 Å². The van der Waals surface area contributed by atoms with E-state index in [1.807, 2.05) is 6.92 Å². The fourth-order valence-electron chi connectivity index (χ4n) is 30.3. The minimum absolute atomic E-state index is 0.0331. The van der Waals surface area contributed by atoms with Gasteiger partial charge in [-0.2, -0.15) is 0 Å². The highest BCUT2D eigenvalue weighted by atomic mass is 16.7. The number of esters is 3. The van der Waals surface area contributed by atoms with Crippen LogP contribution in [-0.2, 0) is 50.6 Å². The van der Waals surface area contributed by atoms with Gasteiger partial charge >= 0.3 is 23.7 Å². The molecule has 0 bridgehead atoms. The minimum atomic E-state index is -2.40. The maximum absolute atomic E-state index is 15.7. The third-order valence-electron chi connectivity index (χ3n) is 37.8. The van der Waals surface area contributed by atoms with Crippen molar-refractivity contribution in [2.24, 2.45) is 100.0 Å². The van der Waals surface area contributed by atoms with Gasteiger partial charge in [-0.05, 0) is 313 Å². The van der Waals surface area contributed by atoms with E-state index in [0.717, 1.165) is 174 Å². The van der Waals surface area contributed by atoms with E-state index >= 15 is 4.79 Å². The van der Waals surface area contributed by atoms with E-state index in [2.05, 4.69) is 142 Å². The Bertz CT molecular complexity index is 4200. The number of allylic oxidation sites excluding steroid dienone is 3. The van der Waals surface area contributed by atoms with Crippen LogP contribution >= 0.6 is 0 Å². The third-order valence-corrected chi connectivity index (χ3v) is 37.8. The lowest BCUT2D eigenvalue weighted by Crippen LogP contribution is -2.70. The summed E-state index contributed by atoms with van der Waals surface area (Å²) in [5, 5.41) is 13.6. The molecule has 15 aliphatic rings. The lowest BCUT2D eigenvalue weighted by atomic mass is 9.32. The lowest BCUT2D eigenvalue weighted by Gasteiger charge is -2.73. The molecule has 17 rings (SSSR count). The van der Waals surface area contributed by atoms with Gasteiger partial charge < -0.3 is 38.3 Å². The van der Waals surface area contributed by atoms with Gasteiger partial charge in [-0.15, -0.1) is 0 Å². The Morgan fingerprint density at radius 2 is 0.961 bits per heavy atom. The van der Waals surface area contributed by atoms with Crippen molar-refractivity contribution >= 4 is 23.7 Å². The van der Waals surface area contributed by atoms with E-state index in [-0.39, 0.29) is 89.8 Å². The minimum Gasteiger partial charge on any atom is -0.482 e. The van der Waals surface area contributed by atoms with E-state index in [4.69, 9.17) is 33.2 Å². The second kappa shape index (κ2) is 20.8. The second-order valence-corrected chi connectivity index (χ2v) is 41.8. The van der Waals surface area contributed by atoms with Crippen LogP contribution in [0.15, 0.2) is 47.1 Å². The number of methoxy groups -OCH3 is 3. The van der Waals surface area contributed by atoms with E-state index in [9.17, 15) is 19.5 Å². The summed E-state index contributed by atoms with van der Waals surface area (Å²) in [7, 11) is 4.65. The standard InChI is InChI=1S/C90H122O12/c1-50-52-22-24-59-80(9,35-41-85(14)61-47-77(6,71(92)96-19)29-26-74(61,3)32-38-83(59,85)12)54(52)44-57-66(50)100-69-68(99-57)65-51(2)67-58(45-56(65)82(11)37-43-87(16)63-49-79(8,73(94)98-21)31-28-76(63,5)34-40-88(87,17)70(69)82)101-90(95)64(91)46-55-53(89(90,18)102-67)23-25-60-81(55,10)36-42-86(15)62-48-78(7,72(93)97-20)30-27-75(62,4)33-39-84(60,86)13/h23,25,44-46,59,61-63,68-70,95H,22,24,26-43,47-49H2,1-21H3/t59-,61-,62-,63-,68+,69+,70-,74-,75-,76-,77-,78-,79-,80+,81+,82+,83+,84+,85+,86+,87+,88+,89+,90-/m1/s1. The first-order valence-corrected chi connectivity index (χ1v) is 40.2. The fourth-order valence-corrected chi connectivity index (χ4v) is 30.3. The molecule has 1 N–H and O–H groups in total. The van der Waals surface area contributed by atoms with Crippen molar-refractivity contribution in [1.29, 1.82) is 0 Å². The predicted molar refractivity (Wildman–Crippen MR) is 393 cm³/mol. The smallest absolute Gasteiger partial charge is 0.317 e. The molecule has 0 amide bonds. The van der Waals surface area contributed by atoms with Crippen LogP contribution in [0.25, 0.3) is 0 Å². The van der Waals surface area contributed by atoms with Crippen molar-refractivity contribution in [2.75, 3.05) is 21.3 Å². The van der Waals surface area contributed by atoms with Crippen LogP contribution in [0.5, 0.6) is 23.0 Å². The number of hydrogen-bond acceptors (Lipinski definition) is 12. The van der Waals surface area contributed by atoms with Gasteiger partial charge in [0.25, 0.3) is 0 Å². The van der Waals surface area contributed by atoms with Gasteiger partial charge in [0.1, 0.15) is 6.10 Å². The topological polar surface area (TPSA) is 153 Å². The number of benzene rings is 2. The Morgan fingerprint density at radius 1 is 0.480 bits per heavy atom. The molecule has 2 aromatic carbocycles. The molecule has 9 fully saturated rings. The summed E-state index contributed by atoms with van der Waals surface area (Å²) >= 11 is 0. The zero-order valence-electron chi connectivity index (χ0n) is 66.1. The van der Waals surface area contributed by atoms with Crippen molar-refractivity contribution in [3.63, 3.8) is 0 Å². The summed E-state index contributed by atoms with van der Waals surface area (Å²) < 4.78 is 48.0. The molecule has 2 aliphatic heterocycles. The number of carbonyl (C=O) groups excluding carboxylic acids is 4. The van der Waals surface area contributed by atoms with Gasteiger partial charge in [0.15, 0.2) is 29.1 Å². The monoisotopic (exact) mass is 1390 g/mol. The molecule has 13 aliphatic carbocycles. The van der Waals surface area contributed by atoms with Crippen molar-refractivity contribution in [1.82, 2.24) is 0 Å². The Hall–Kier alpha value is -5.10. The summed E-state index contributed by atoms with van der Waals surface area (Å²) in [5.74, 6) is 0.651. The number of hydrogen-bond donors (Lipinski definition) is 1. The number of carbonyl (C=O) groups is 4. The normalized spacial score (nSPS) is 50.7. The highest BCUT2D eigenvalue weighted by Crippen LogP contribution is 2.81. The molecule has 0 unspecified atom stereocenters. The van der Waals surface area contributed by atoms with Gasteiger partial charge in [0, 0.05) is 33.4 Å². The van der Waals surface area contributed by atoms with Gasteiger partial charge in [0.2, 0.25) is 11.4 Å². The van der Waals surface area contributed by atoms with Crippen LogP contribution in [0.3, 0.4) is 0 Å². The largest absolute Gasteiger partial charge is 0.482 e. The molecular formula is C90H122O12. The van der Waals surface area contributed by atoms with E-state index in [1.54, 1.807) is 20.3 Å². The molecule has 0 saturated heterocycles. The van der Waals surface area contributed by atoms with Crippen molar-refractivity contribution < 1.29 is 57.4 Å². The Balaban J connectivity index is 0.789. The summed E-state index contributed by atoms with van der Waals surface area (Å²) in [6, 6.07) is 4.60. The molecule has 2 aromatic rings. The van der Waals surface area contributed by atoms with Crippen molar-refractivity contribution in [3.8, 4) is 23.0 Å². The molecule has 24 atom stereocenters. The molecule has 102 heavy (non-hydrogen) atoms. The van der Waals surface area contributed by atoms with E-state index < -0.39 is 56.5 Å². The van der Waals surface area contributed by atoms with Crippen LogP contribution in [0.4, 0.5) is 0 Å². The second-order valence-electron chi connectivity index (χ2n) is 41.8. The van der Waals surface area contributed by atoms with Gasteiger partial charge in [-0.25, -0.2) is 0 Å². The molecule has 0 aromatic heterocycles. The third kappa shape index (κ3) is 8.03. The summed E-state index contributed by atoms with van der Waals surface area (Å²) in [6.07, 6.45) is 27.3. The highest BCUT2D eigenvalue weighted by molar-refractivity contribution is 6.02. The first-order valence-electron chi connectivity index (χ1n) is 40.2. The number of ketones is 1. The van der Waals surface area contributed by atoms with E-state index in [1.165, 1.54) is 42.2 Å². The molecule has 9 saturated carbocycles. The fraction of sp³-hybridized carbons (Fsp3) is 0.756. The van der Waals surface area contributed by atoms with Crippen LogP contribution in [0.2, 0.25) is 0 Å². The Labute approximate surface area is 609 Å². The SMILES string of the molecule is COC(=O)[C@]1(C)CC[C@]2(C)CC[C@@]3(C)C4=CC=C5C(=CC(=O)[C@@]6(O)Oc7cc8c(c(C)c7O[C@@]56C)[C@@H]5Oc6cc7c(c(C)c6O[C@@H]5[C@@H]5[C@@]8(C)CC[C@@]6(C)[C@@H]8C[C@](C)(C(=O)OC)CC[C@]8(C)CC[C@@]56C)CC[C@@H]5[C@@]7(C)CC[C@@]6(C)[C@@H]7C[C@](C)(C(=O)OC)CC[C@]7(C)CC[C@@]56C)[C@]4(C)CC[C@@]3(C)[C@@H]2C1. The summed E-state index contributed by atoms with van der Waals surface area (Å²) in [6.45, 7) is 43.1. The maximum Gasteiger partial charge on any atom is 0.317 e. The first-order chi connectivity index (χ1) is 47.5. The Kier molecular flexibility index (Phi) is 14.2. The maximum atomic E-state index is 15.7. The quantitative estimate of drug-likeness (QED) is 0.230. The molecular weight excluding hydrogens is 1270 g/mol. The number of aliphatic hydroxyl groups is 1. The van der Waals surface area contributed by atoms with Crippen LogP contribution in [-0.4, -0.2) is 67.6 Å². The van der Waals surface area contributed by atoms with Gasteiger partial charge in [-0.3, -0.25) is 19.2 Å². The molecule has 0 radical (unpaired) electrons. The zero-order valence-corrected chi connectivity index (χ0v) is 66.1. The average molecular weight is 1400 g/mol. The number of rotatable bonds is 3. The molecule has 12 heteroatoms. The summed E-state index contributed by atoms with van der Waals surface area (Å²) in [4.78, 5) is 57.0. The zero-order chi connectivity index (χ0) is 73.1. The van der Waals surface area contributed by atoms with Crippen LogP contribution < -0.4 is 18.9 Å². The van der Waals surface area contributed by atoms with E-state index in [0.29, 0.717) is 23.3 Å². The van der Waals surface area contributed by atoms with Crippen LogP contribution in [0, 0.1) is 114 Å². The van der Waals surface area contributed by atoms with Crippen molar-refractivity contribution in [2.45, 2.75) is 307 Å². The predicted octanol–water partition coefficient (Wildman–Crippen LogP) is 19.3. The molecule has 0 spiro atoms. The highest BCUT2D eigenvalue weighted by Gasteiger charge is 2.76. The van der Waals surface area contributed by atoms with Gasteiger partial charge in [-0.1, -0.05) is 101 Å². The number of fused-ring (bicyclic) bond motifs is 28. The average Bonchev–Trinajstić information content (AvgIpc) is 0.689. The molecule has 554 valence electrons. The first kappa shape index (κ1) is 69.9. The molecule has 12 nitrogen and oxygen atoms in total. The summed E-state index contributed by atoms with van der Waals surface area (Å²) in [5.41, 5.74) is 5.00. The van der Waals surface area contributed by atoms with Gasteiger partial charge in [0.05, 0.1) is 37.6 Å². The number of ether oxygens (including phenoxy) is 7. The molecule has 2 heterocycles. The lowest BCUT2D eigenvalue weighted by molar-refractivity contribution is -0.239. The van der Waals surface area contributed by atoms with Crippen LogP contribution in [0.1, 0.15) is 292 Å². The Morgan fingerprint density at radius 3 is 1.53 bits per heavy atom.